The second-order valence-electron chi connectivity index (χ2n) is 8.28. The second-order valence-corrected chi connectivity index (χ2v) is 11.2. The molecule has 0 spiro atoms. The summed E-state index contributed by atoms with van der Waals surface area (Å²) in [6.45, 7) is 5.62. The number of nitrogens with two attached hydrogens (primary N) is 1. The number of anilines is 1. The van der Waals surface area contributed by atoms with Gasteiger partial charge in [0.25, 0.3) is 0 Å². The van der Waals surface area contributed by atoms with E-state index in [0.717, 1.165) is 61.9 Å². The first-order valence-electron chi connectivity index (χ1n) is 10.7. The number of imidazole rings is 1. The van der Waals surface area contributed by atoms with Crippen molar-refractivity contribution in [3.63, 3.8) is 0 Å². The number of aromatic nitrogens is 5. The fraction of sp³-hybridized carbons (Fsp3) is 0.304. The van der Waals surface area contributed by atoms with E-state index in [0.29, 0.717) is 11.5 Å². The Kier molecular flexibility index (Phi) is 5.49. The maximum Gasteiger partial charge on any atom is 0.176 e. The van der Waals surface area contributed by atoms with Crippen molar-refractivity contribution in [3.8, 4) is 11.3 Å². The number of hydrogen-bond donors (Lipinski definition) is 1. The van der Waals surface area contributed by atoms with Gasteiger partial charge in [0, 0.05) is 36.5 Å². The number of allylic oxidation sites excluding steroid dienone is 1. The van der Waals surface area contributed by atoms with E-state index in [4.69, 9.17) is 10.7 Å². The van der Waals surface area contributed by atoms with Gasteiger partial charge in [-0.3, -0.25) is 8.89 Å². The van der Waals surface area contributed by atoms with E-state index in [1.807, 2.05) is 48.5 Å². The number of nitrogens with zero attached hydrogens (tertiary/aromatic N) is 6. The van der Waals surface area contributed by atoms with E-state index in [9.17, 15) is 4.21 Å². The summed E-state index contributed by atoms with van der Waals surface area (Å²) in [7, 11) is 2.71. The molecule has 4 heterocycles. The number of nitrogen functional groups attached to an aromatic ring is 1. The third-order valence-electron chi connectivity index (χ3n) is 6.17. The third kappa shape index (κ3) is 3.63. The SMILES string of the molecule is C=Nc1ncn(C)c1/C=C(\C)c1cc(-c2ccnn2C)c2c(N)c([S@@](=O)C3CCC3)sc2n1. The molecule has 0 amide bonds. The molecule has 0 unspecified atom stereocenters. The molecule has 1 saturated carbocycles. The molecule has 4 aromatic heterocycles. The molecule has 0 aromatic carbocycles. The molecule has 1 aliphatic rings. The van der Waals surface area contributed by atoms with Crippen LogP contribution < -0.4 is 5.73 Å². The molecule has 8 nitrogen and oxygen atoms in total. The minimum atomic E-state index is -1.11. The van der Waals surface area contributed by atoms with Crippen molar-refractivity contribution in [2.24, 2.45) is 19.1 Å². The summed E-state index contributed by atoms with van der Waals surface area (Å²) in [4.78, 5) is 14.0. The van der Waals surface area contributed by atoms with Crippen LogP contribution in [0.5, 0.6) is 0 Å². The van der Waals surface area contributed by atoms with Crippen LogP contribution in [0.1, 0.15) is 37.6 Å². The van der Waals surface area contributed by atoms with Crippen LogP contribution in [0.15, 0.2) is 33.9 Å². The first-order valence-corrected chi connectivity index (χ1v) is 12.7. The fourth-order valence-electron chi connectivity index (χ4n) is 4.02. The molecule has 0 saturated heterocycles. The maximum absolute atomic E-state index is 13.2. The molecule has 1 aliphatic carbocycles. The molecule has 4 aromatic rings. The van der Waals surface area contributed by atoms with Gasteiger partial charge in [-0.2, -0.15) is 5.10 Å². The van der Waals surface area contributed by atoms with E-state index in [-0.39, 0.29) is 5.25 Å². The minimum absolute atomic E-state index is 0.191. The van der Waals surface area contributed by atoms with Crippen LogP contribution >= 0.6 is 11.3 Å². The number of thiophene rings is 1. The molecule has 0 aliphatic heterocycles. The summed E-state index contributed by atoms with van der Waals surface area (Å²) in [5, 5.41) is 5.38. The lowest BCUT2D eigenvalue weighted by molar-refractivity contribution is 0.505. The van der Waals surface area contributed by atoms with E-state index >= 15 is 0 Å². The molecule has 0 bridgehead atoms. The van der Waals surface area contributed by atoms with Crippen LogP contribution in [0.3, 0.4) is 0 Å². The fourth-order valence-corrected chi connectivity index (χ4v) is 7.23. The normalized spacial score (nSPS) is 15.7. The molecule has 33 heavy (non-hydrogen) atoms. The number of pyridine rings is 1. The highest BCUT2D eigenvalue weighted by Crippen LogP contribution is 2.44. The summed E-state index contributed by atoms with van der Waals surface area (Å²) >= 11 is 1.44. The molecule has 5 rings (SSSR count). The first kappa shape index (κ1) is 21.7. The van der Waals surface area contributed by atoms with Crippen molar-refractivity contribution < 1.29 is 4.21 Å². The van der Waals surface area contributed by atoms with Crippen LogP contribution in [0, 0.1) is 0 Å². The van der Waals surface area contributed by atoms with Gasteiger partial charge in [-0.15, -0.1) is 11.3 Å². The number of aliphatic imine (C=N–C) groups is 1. The van der Waals surface area contributed by atoms with Gasteiger partial charge in [0.1, 0.15) is 9.04 Å². The predicted octanol–water partition coefficient (Wildman–Crippen LogP) is 4.57. The Morgan fingerprint density at radius 3 is 2.82 bits per heavy atom. The topological polar surface area (TPSA) is 104 Å². The quantitative estimate of drug-likeness (QED) is 0.408. The summed E-state index contributed by atoms with van der Waals surface area (Å²) in [5.41, 5.74) is 11.6. The van der Waals surface area contributed by atoms with Crippen LogP contribution in [0.25, 0.3) is 33.1 Å². The van der Waals surface area contributed by atoms with Gasteiger partial charge in [0.15, 0.2) is 5.82 Å². The van der Waals surface area contributed by atoms with Gasteiger partial charge in [-0.05, 0) is 50.3 Å². The summed E-state index contributed by atoms with van der Waals surface area (Å²) in [6.07, 6.45) is 8.58. The predicted molar refractivity (Wildman–Crippen MR) is 136 cm³/mol. The third-order valence-corrected chi connectivity index (χ3v) is 9.47. The Hall–Kier alpha value is -3.11. The van der Waals surface area contributed by atoms with Gasteiger partial charge in [0.05, 0.1) is 39.9 Å². The van der Waals surface area contributed by atoms with E-state index in [2.05, 4.69) is 21.8 Å². The molecule has 1 atom stereocenters. The van der Waals surface area contributed by atoms with Crippen molar-refractivity contribution in [2.75, 3.05) is 5.73 Å². The number of rotatable bonds is 6. The van der Waals surface area contributed by atoms with Crippen molar-refractivity contribution in [2.45, 2.75) is 35.6 Å². The standard InChI is InChI=1S/C23H25N7OS2/c1-13(10-18-21(25-2)26-12-29(18)3)16-11-15(17-8-9-27-30(17)4)19-20(24)23(32-22(19)28-16)33(31)14-6-5-7-14/h8-12,14H,2,5-7,24H2,1,3-4H3/b13-10+/t33-/m0/s1. The molecule has 170 valence electrons. The van der Waals surface area contributed by atoms with E-state index in [1.54, 1.807) is 12.5 Å². The summed E-state index contributed by atoms with van der Waals surface area (Å²) in [5.74, 6) is 0.573. The lowest BCUT2D eigenvalue weighted by atomic mass is 10.0. The van der Waals surface area contributed by atoms with Crippen molar-refractivity contribution in [1.82, 2.24) is 24.3 Å². The van der Waals surface area contributed by atoms with Crippen molar-refractivity contribution in [3.05, 3.63) is 36.0 Å². The van der Waals surface area contributed by atoms with Gasteiger partial charge < -0.3 is 10.3 Å². The number of hydrogen-bond acceptors (Lipinski definition) is 7. The highest BCUT2D eigenvalue weighted by atomic mass is 32.2. The van der Waals surface area contributed by atoms with Gasteiger partial charge >= 0.3 is 0 Å². The minimum Gasteiger partial charge on any atom is -0.396 e. The largest absolute Gasteiger partial charge is 0.396 e. The molecule has 2 N–H and O–H groups in total. The zero-order valence-corrected chi connectivity index (χ0v) is 20.4. The average Bonchev–Trinajstić information content (AvgIpc) is 3.44. The maximum atomic E-state index is 13.2. The molecule has 1 fully saturated rings. The average molecular weight is 480 g/mol. The summed E-state index contributed by atoms with van der Waals surface area (Å²) in [6, 6.07) is 3.99. The number of aryl methyl sites for hydroxylation is 2. The zero-order valence-electron chi connectivity index (χ0n) is 18.8. The molecular formula is C23H25N7OS2. The molecule has 10 heteroatoms. The Morgan fingerprint density at radius 2 is 2.18 bits per heavy atom. The molecular weight excluding hydrogens is 454 g/mol. The highest BCUT2D eigenvalue weighted by molar-refractivity contribution is 7.88. The van der Waals surface area contributed by atoms with Crippen LogP contribution in [0.4, 0.5) is 11.5 Å². The second kappa shape index (κ2) is 8.35. The Labute approximate surface area is 198 Å². The van der Waals surface area contributed by atoms with Crippen molar-refractivity contribution >= 4 is 62.2 Å². The van der Waals surface area contributed by atoms with Gasteiger partial charge in [0.2, 0.25) is 0 Å². The van der Waals surface area contributed by atoms with E-state index < -0.39 is 10.8 Å². The van der Waals surface area contributed by atoms with Crippen molar-refractivity contribution in [1.29, 1.82) is 0 Å². The lowest BCUT2D eigenvalue weighted by Gasteiger charge is -2.23. The Morgan fingerprint density at radius 1 is 1.39 bits per heavy atom. The van der Waals surface area contributed by atoms with Gasteiger partial charge in [-0.25, -0.2) is 15.0 Å². The highest BCUT2D eigenvalue weighted by Gasteiger charge is 2.30. The zero-order chi connectivity index (χ0) is 23.3. The smallest absolute Gasteiger partial charge is 0.176 e. The van der Waals surface area contributed by atoms with E-state index in [1.165, 1.54) is 11.3 Å². The molecule has 0 radical (unpaired) electrons. The van der Waals surface area contributed by atoms with Crippen LogP contribution in [0.2, 0.25) is 0 Å². The van der Waals surface area contributed by atoms with Crippen LogP contribution in [-0.4, -0.2) is 40.5 Å². The Balaban J connectivity index is 1.71. The van der Waals surface area contributed by atoms with Crippen LogP contribution in [-0.2, 0) is 24.9 Å². The van der Waals surface area contributed by atoms with Gasteiger partial charge in [-0.1, -0.05) is 6.42 Å². The number of fused-ring (bicyclic) bond motifs is 1. The first-order chi connectivity index (χ1) is 15.9. The summed E-state index contributed by atoms with van der Waals surface area (Å²) < 4.78 is 17.6. The monoisotopic (exact) mass is 479 g/mol. The Bertz CT molecular complexity index is 1440. The lowest BCUT2D eigenvalue weighted by Crippen LogP contribution is -2.23.